The van der Waals surface area contributed by atoms with Crippen LogP contribution in [0.1, 0.15) is 100 Å². The van der Waals surface area contributed by atoms with Crippen LogP contribution in [-0.2, 0) is 22.4 Å². The summed E-state index contributed by atoms with van der Waals surface area (Å²) in [7, 11) is 0. The molecule has 2 aliphatic carbocycles. The highest BCUT2D eigenvalue weighted by Gasteiger charge is 2.31. The fraction of sp³-hybridized carbons (Fsp3) is 0.452. The average Bonchev–Trinajstić information content (AvgIpc) is 4.12. The van der Waals surface area contributed by atoms with Gasteiger partial charge >= 0.3 is 11.6 Å². The maximum Gasteiger partial charge on any atom is 0.446 e. The van der Waals surface area contributed by atoms with Crippen molar-refractivity contribution in [3.8, 4) is 17.2 Å². The van der Waals surface area contributed by atoms with Crippen molar-refractivity contribution < 1.29 is 42.3 Å². The maximum absolute atomic E-state index is 13.4. The zero-order valence-electron chi connectivity index (χ0n) is 37.0. The number of rotatable bonds is 15. The van der Waals surface area contributed by atoms with E-state index in [0.29, 0.717) is 54.0 Å². The topological polar surface area (TPSA) is 348 Å². The Balaban J connectivity index is 0.000000208. The predicted molar refractivity (Wildman–Crippen MR) is 250 cm³/mol. The molecule has 0 radical (unpaired) electrons. The number of guanidine groups is 1. The fourth-order valence-corrected chi connectivity index (χ4v) is 8.12. The molecule has 2 saturated carbocycles. The molecule has 0 bridgehead atoms. The van der Waals surface area contributed by atoms with Crippen LogP contribution in [0.25, 0.3) is 17.2 Å². The van der Waals surface area contributed by atoms with E-state index in [-0.39, 0.29) is 63.5 Å². The van der Waals surface area contributed by atoms with E-state index >= 15 is 0 Å². The number of hydrogen-bond donors (Lipinski definition) is 6. The number of carbonyl (C=O) groups excluding carboxylic acids is 2. The number of carbonyl (C=O) groups is 2. The van der Waals surface area contributed by atoms with Crippen LogP contribution in [0.3, 0.4) is 0 Å². The fourth-order valence-electron chi connectivity index (χ4n) is 7.33. The predicted octanol–water partition coefficient (Wildman–Crippen LogP) is 6.42. The summed E-state index contributed by atoms with van der Waals surface area (Å²) in [4.78, 5) is 49.9. The lowest BCUT2D eigenvalue weighted by Gasteiger charge is -2.20. The highest BCUT2D eigenvalue weighted by atomic mass is 79.9. The van der Waals surface area contributed by atoms with Crippen LogP contribution in [0.2, 0.25) is 0 Å². The number of halogens is 4. The zero-order chi connectivity index (χ0) is 49.9. The monoisotopic (exact) mass is 1090 g/mol. The zero-order valence-corrected chi connectivity index (χ0v) is 40.2. The molecule has 2 fully saturated rings. The second-order valence-corrected chi connectivity index (χ2v) is 17.5. The van der Waals surface area contributed by atoms with Crippen molar-refractivity contribution in [2.24, 2.45) is 33.5 Å². The number of hydrogen-bond acceptors (Lipinski definition) is 18. The molecule has 2 aromatic carbocycles. The van der Waals surface area contributed by atoms with E-state index in [2.05, 4.69) is 87.6 Å². The number of aliphatic imine (C=N–C) groups is 1. The average molecular weight is 1090 g/mol. The lowest BCUT2D eigenvalue weighted by Crippen LogP contribution is -2.41. The second-order valence-electron chi connectivity index (χ2n) is 15.8. The van der Waals surface area contributed by atoms with Gasteiger partial charge in [0.2, 0.25) is 17.6 Å². The molecule has 2 aliphatic rings. The first-order valence-electron chi connectivity index (χ1n) is 21.9. The summed E-state index contributed by atoms with van der Waals surface area (Å²) in [6.07, 6.45) is 13.2. The van der Waals surface area contributed by atoms with Gasteiger partial charge in [0.25, 0.3) is 5.69 Å². The van der Waals surface area contributed by atoms with Gasteiger partial charge in [0.1, 0.15) is 23.0 Å². The molecule has 2 amide bonds. The molecule has 27 heteroatoms. The summed E-state index contributed by atoms with van der Waals surface area (Å²) in [6, 6.07) is 8.16. The molecule has 3 aromatic heterocycles. The first-order chi connectivity index (χ1) is 33.2. The molecule has 0 atom stereocenters. The molecule has 23 nitrogen and oxygen atoms in total. The van der Waals surface area contributed by atoms with E-state index in [0.717, 1.165) is 74.0 Å². The Kier molecular flexibility index (Phi) is 20.7. The van der Waals surface area contributed by atoms with Gasteiger partial charge in [-0.2, -0.15) is 0 Å². The molecule has 7 rings (SSSR count). The summed E-state index contributed by atoms with van der Waals surface area (Å²) in [5, 5.41) is 54.2. The summed E-state index contributed by atoms with van der Waals surface area (Å²) in [6.45, 7) is 0.946. The van der Waals surface area contributed by atoms with E-state index in [9.17, 15) is 38.5 Å². The molecule has 69 heavy (non-hydrogen) atoms. The smallest absolute Gasteiger partial charge is 0.411 e. The van der Waals surface area contributed by atoms with Crippen LogP contribution in [-0.4, -0.2) is 82.9 Å². The van der Waals surface area contributed by atoms with Gasteiger partial charge in [0.15, 0.2) is 16.8 Å². The Hall–Kier alpha value is -6.61. The molecule has 0 unspecified atom stereocenters. The van der Waals surface area contributed by atoms with Crippen LogP contribution >= 0.6 is 31.9 Å². The minimum Gasteiger partial charge on any atom is -0.411 e. The minimum absolute atomic E-state index is 0.0131. The number of oxime groups is 1. The van der Waals surface area contributed by atoms with Crippen molar-refractivity contribution in [1.29, 1.82) is 5.41 Å². The van der Waals surface area contributed by atoms with E-state index in [1.165, 1.54) is 31.0 Å². The Morgan fingerprint density at radius 2 is 1.52 bits per heavy atom. The van der Waals surface area contributed by atoms with Crippen LogP contribution in [0.4, 0.5) is 14.6 Å². The standard InChI is InChI=1S/C21H26BrFN6O3.C11H21N3O.C10H3BrFN5O5/c22-15-11-13(8-9-16(15)23)12-18(27-31)19-17(28-32-29-19)7-4-10-25-21(24)26-20(30)14-5-2-1-3-6-14;12-8-4-7-10(13)14-11(15)9-5-2-1-3-6-9;11-5-3-4(1-2-6(5)12)16-8(14-21-10(16)18)7-9(17(19)20)15-22-13-7/h8-9,11,14,31H,1-7,10,12H2,(H3,24,25,26,30);9H,1-8,12H2,(H2,13,14,15);1-3H/b27-18+;;. The highest BCUT2D eigenvalue weighted by molar-refractivity contribution is 9.10. The summed E-state index contributed by atoms with van der Waals surface area (Å²) in [5.74, 6) is -2.35. The van der Waals surface area contributed by atoms with Gasteiger partial charge in [0, 0.05) is 31.2 Å². The number of nitrogens with two attached hydrogens (primary N) is 2. The molecule has 8 N–H and O–H groups in total. The summed E-state index contributed by atoms with van der Waals surface area (Å²) >= 11 is 6.11. The van der Waals surface area contributed by atoms with Crippen molar-refractivity contribution >= 4 is 67.0 Å². The van der Waals surface area contributed by atoms with Gasteiger partial charge in [-0.3, -0.25) is 29.8 Å². The maximum atomic E-state index is 13.4. The van der Waals surface area contributed by atoms with Crippen LogP contribution in [0.15, 0.2) is 74.1 Å². The SMILES string of the molecule is N=C(CCCN)NC(=O)C1CCCCC1.NC(=NCCCc1nonc1/C(Cc1ccc(F)c(Br)c1)=N/O)NC(=O)C1CCCCC1.O=c1onc(-c2nonc2[N+](=O)[O-])n1-c1ccc(F)c(Br)c1. The Labute approximate surface area is 408 Å². The third-order valence-electron chi connectivity index (χ3n) is 10.9. The molecular weight excluding hydrogens is 1040 g/mol. The van der Waals surface area contributed by atoms with Crippen molar-refractivity contribution in [1.82, 2.24) is 41.0 Å². The normalized spacial score (nSPS) is 14.5. The number of nitrogens with zero attached hydrogens (tertiary/aromatic N) is 9. The quantitative estimate of drug-likeness (QED) is 0.0164. The first kappa shape index (κ1) is 53.3. The van der Waals surface area contributed by atoms with Crippen LogP contribution < -0.4 is 27.9 Å². The Bertz CT molecular complexity index is 2660. The van der Waals surface area contributed by atoms with Crippen LogP contribution in [0.5, 0.6) is 0 Å². The van der Waals surface area contributed by atoms with E-state index in [1.807, 2.05) is 0 Å². The van der Waals surface area contributed by atoms with Crippen LogP contribution in [0, 0.1) is 39.0 Å². The van der Waals surface area contributed by atoms with E-state index in [4.69, 9.17) is 21.5 Å². The number of benzene rings is 2. The molecule has 0 aliphatic heterocycles. The molecule has 0 spiro atoms. The van der Waals surface area contributed by atoms with Crippen molar-refractivity contribution in [2.75, 3.05) is 13.1 Å². The van der Waals surface area contributed by atoms with Gasteiger partial charge < -0.3 is 32.1 Å². The van der Waals surface area contributed by atoms with Gasteiger partial charge in [-0.05, 0) is 134 Å². The van der Waals surface area contributed by atoms with E-state index in [1.54, 1.807) is 12.1 Å². The van der Waals surface area contributed by atoms with Gasteiger partial charge in [-0.15, -0.1) is 4.63 Å². The number of nitro groups is 1. The van der Waals surface area contributed by atoms with Gasteiger partial charge in [-0.1, -0.05) is 60.1 Å². The lowest BCUT2D eigenvalue weighted by molar-refractivity contribution is -0.390. The van der Waals surface area contributed by atoms with E-state index < -0.39 is 28.0 Å². The number of nitrogens with one attached hydrogen (secondary N) is 3. The van der Waals surface area contributed by atoms with Crippen molar-refractivity contribution in [3.05, 3.63) is 94.6 Å². The minimum atomic E-state index is -0.939. The second kappa shape index (κ2) is 26.8. The number of amidine groups is 1. The molecule has 370 valence electrons. The lowest BCUT2D eigenvalue weighted by atomic mass is 9.88. The summed E-state index contributed by atoms with van der Waals surface area (Å²) in [5.41, 5.74) is 12.8. The first-order valence-corrected chi connectivity index (χ1v) is 23.5. The molecule has 0 saturated heterocycles. The molecule has 3 heterocycles. The number of aryl methyl sites for hydroxylation is 1. The summed E-state index contributed by atoms with van der Waals surface area (Å²) < 4.78 is 41.6. The third kappa shape index (κ3) is 15.7. The van der Waals surface area contributed by atoms with Crippen molar-refractivity contribution in [3.63, 3.8) is 0 Å². The number of amides is 2. The largest absolute Gasteiger partial charge is 0.446 e. The van der Waals surface area contributed by atoms with Gasteiger partial charge in [0.05, 0.1) is 20.5 Å². The molecular formula is C42H50Br2F2N14O9. The Morgan fingerprint density at radius 1 is 0.899 bits per heavy atom. The molecule has 5 aromatic rings. The highest BCUT2D eigenvalue weighted by Crippen LogP contribution is 2.28. The van der Waals surface area contributed by atoms with Crippen molar-refractivity contribution in [2.45, 2.75) is 96.3 Å². The third-order valence-corrected chi connectivity index (χ3v) is 12.1. The number of aromatic nitrogens is 6. The Morgan fingerprint density at radius 3 is 2.13 bits per heavy atom. The van der Waals surface area contributed by atoms with Gasteiger partial charge in [-0.25, -0.2) is 22.8 Å².